The van der Waals surface area contributed by atoms with E-state index in [9.17, 15) is 0 Å². The number of aliphatic imine (C=N–C) groups is 1. The molecule has 0 radical (unpaired) electrons. The molecule has 0 bridgehead atoms. The summed E-state index contributed by atoms with van der Waals surface area (Å²) in [4.78, 5) is 8.84. The van der Waals surface area contributed by atoms with E-state index in [4.69, 9.17) is 5.73 Å². The third kappa shape index (κ3) is 8.13. The van der Waals surface area contributed by atoms with Crippen LogP contribution in [0.5, 0.6) is 0 Å². The van der Waals surface area contributed by atoms with Crippen molar-refractivity contribution in [2.75, 3.05) is 33.7 Å². The maximum atomic E-state index is 5.98. The Kier molecular flexibility index (Phi) is 12.2. The molecule has 0 saturated carbocycles. The number of halogens is 1. The Labute approximate surface area is 130 Å². The molecule has 110 valence electrons. The Bertz CT molecular complexity index is 225. The zero-order valence-corrected chi connectivity index (χ0v) is 15.1. The number of rotatable bonds is 7. The fourth-order valence-electron chi connectivity index (χ4n) is 1.84. The predicted molar refractivity (Wildman–Crippen MR) is 91.8 cm³/mol. The predicted octanol–water partition coefficient (Wildman–Crippen LogP) is 2.24. The molecule has 0 aliphatic rings. The summed E-state index contributed by atoms with van der Waals surface area (Å²) < 4.78 is 0. The summed E-state index contributed by atoms with van der Waals surface area (Å²) in [6, 6.07) is 0.476. The highest BCUT2D eigenvalue weighted by atomic mass is 127. The maximum absolute atomic E-state index is 5.98. The Hall–Kier alpha value is -0.0400. The molecule has 0 aromatic carbocycles. The van der Waals surface area contributed by atoms with Crippen LogP contribution in [0.3, 0.4) is 0 Å². The van der Waals surface area contributed by atoms with Gasteiger partial charge in [-0.2, -0.15) is 0 Å². The standard InChI is InChI=1S/C13H30N4.HI/c1-7-17(8-2)13(14)15-10-12(16(5)6)9-11(3)4;/h11-12H,7-10H2,1-6H3,(H2,14,15);1H. The minimum atomic E-state index is 0. The van der Waals surface area contributed by atoms with Gasteiger partial charge >= 0.3 is 0 Å². The zero-order chi connectivity index (χ0) is 13.4. The van der Waals surface area contributed by atoms with Crippen molar-refractivity contribution in [3.8, 4) is 0 Å². The van der Waals surface area contributed by atoms with E-state index in [1.807, 2.05) is 0 Å². The molecule has 1 unspecified atom stereocenters. The first-order valence-electron chi connectivity index (χ1n) is 6.63. The van der Waals surface area contributed by atoms with Gasteiger partial charge in [0.05, 0.1) is 6.54 Å². The Balaban J connectivity index is 0. The summed E-state index contributed by atoms with van der Waals surface area (Å²) in [5, 5.41) is 0. The molecular formula is C13H31IN4. The van der Waals surface area contributed by atoms with Crippen LogP contribution in [0.15, 0.2) is 4.99 Å². The Morgan fingerprint density at radius 1 is 1.17 bits per heavy atom. The van der Waals surface area contributed by atoms with Crippen LogP contribution in [0.2, 0.25) is 0 Å². The van der Waals surface area contributed by atoms with E-state index >= 15 is 0 Å². The zero-order valence-electron chi connectivity index (χ0n) is 12.8. The van der Waals surface area contributed by atoms with Gasteiger partial charge < -0.3 is 15.5 Å². The molecule has 2 N–H and O–H groups in total. The molecule has 0 saturated heterocycles. The monoisotopic (exact) mass is 370 g/mol. The van der Waals surface area contributed by atoms with Gasteiger partial charge in [0.25, 0.3) is 0 Å². The van der Waals surface area contributed by atoms with E-state index in [1.54, 1.807) is 0 Å². The fraction of sp³-hybridized carbons (Fsp3) is 0.923. The second-order valence-electron chi connectivity index (χ2n) is 5.12. The van der Waals surface area contributed by atoms with Crippen molar-refractivity contribution in [2.24, 2.45) is 16.6 Å². The van der Waals surface area contributed by atoms with Gasteiger partial charge in [-0.05, 0) is 40.3 Å². The average Bonchev–Trinajstić information content (AvgIpc) is 2.25. The van der Waals surface area contributed by atoms with Crippen LogP contribution in [0.4, 0.5) is 0 Å². The lowest BCUT2D eigenvalue weighted by Gasteiger charge is -2.25. The molecule has 0 aromatic heterocycles. The number of hydrogen-bond acceptors (Lipinski definition) is 2. The van der Waals surface area contributed by atoms with E-state index in [0.717, 1.165) is 26.1 Å². The lowest BCUT2D eigenvalue weighted by Crippen LogP contribution is -2.39. The average molecular weight is 370 g/mol. The second-order valence-corrected chi connectivity index (χ2v) is 5.12. The molecule has 4 nitrogen and oxygen atoms in total. The lowest BCUT2D eigenvalue weighted by atomic mass is 10.0. The highest BCUT2D eigenvalue weighted by Gasteiger charge is 2.13. The van der Waals surface area contributed by atoms with Gasteiger partial charge in [-0.3, -0.25) is 4.99 Å². The van der Waals surface area contributed by atoms with Gasteiger partial charge in [0.2, 0.25) is 0 Å². The van der Waals surface area contributed by atoms with Gasteiger partial charge in [-0.25, -0.2) is 0 Å². The molecule has 0 aliphatic carbocycles. The van der Waals surface area contributed by atoms with Crippen molar-refractivity contribution in [2.45, 2.75) is 40.2 Å². The van der Waals surface area contributed by atoms with E-state index in [-0.39, 0.29) is 24.0 Å². The van der Waals surface area contributed by atoms with E-state index in [0.29, 0.717) is 17.9 Å². The Morgan fingerprint density at radius 3 is 2.00 bits per heavy atom. The highest BCUT2D eigenvalue weighted by Crippen LogP contribution is 2.09. The highest BCUT2D eigenvalue weighted by molar-refractivity contribution is 14.0. The van der Waals surface area contributed by atoms with E-state index in [2.05, 4.69) is 56.6 Å². The summed E-state index contributed by atoms with van der Waals surface area (Å²) in [6.45, 7) is 11.3. The van der Waals surface area contributed by atoms with Gasteiger partial charge in [0.15, 0.2) is 5.96 Å². The smallest absolute Gasteiger partial charge is 0.191 e. The van der Waals surface area contributed by atoms with Crippen molar-refractivity contribution < 1.29 is 0 Å². The summed E-state index contributed by atoms with van der Waals surface area (Å²) in [5.41, 5.74) is 5.98. The first-order chi connectivity index (χ1) is 7.92. The molecule has 0 aliphatic heterocycles. The van der Waals surface area contributed by atoms with Gasteiger partial charge in [0, 0.05) is 19.1 Å². The van der Waals surface area contributed by atoms with Crippen LogP contribution in [0.1, 0.15) is 34.1 Å². The molecule has 0 heterocycles. The minimum Gasteiger partial charge on any atom is -0.370 e. The van der Waals surface area contributed by atoms with Crippen molar-refractivity contribution >= 4 is 29.9 Å². The SMILES string of the molecule is CCN(CC)C(N)=NCC(CC(C)C)N(C)C.I. The molecule has 0 fully saturated rings. The van der Waals surface area contributed by atoms with Crippen LogP contribution < -0.4 is 5.73 Å². The van der Waals surface area contributed by atoms with Crippen LogP contribution >= 0.6 is 24.0 Å². The quantitative estimate of drug-likeness (QED) is 0.425. The third-order valence-corrected chi connectivity index (χ3v) is 3.03. The maximum Gasteiger partial charge on any atom is 0.191 e. The number of guanidine groups is 1. The van der Waals surface area contributed by atoms with Crippen molar-refractivity contribution in [1.29, 1.82) is 0 Å². The summed E-state index contributed by atoms with van der Waals surface area (Å²) >= 11 is 0. The van der Waals surface area contributed by atoms with Crippen LogP contribution in [-0.4, -0.2) is 55.5 Å². The van der Waals surface area contributed by atoms with E-state index in [1.165, 1.54) is 0 Å². The number of likely N-dealkylation sites (N-methyl/N-ethyl adjacent to an activating group) is 1. The van der Waals surface area contributed by atoms with Crippen molar-refractivity contribution in [1.82, 2.24) is 9.80 Å². The molecule has 0 rings (SSSR count). The molecule has 1 atom stereocenters. The molecule has 0 spiro atoms. The van der Waals surface area contributed by atoms with Crippen molar-refractivity contribution in [3.63, 3.8) is 0 Å². The molecule has 0 amide bonds. The first kappa shape index (κ1) is 20.3. The normalized spacial score (nSPS) is 13.7. The fourth-order valence-corrected chi connectivity index (χ4v) is 1.84. The summed E-state index contributed by atoms with van der Waals surface area (Å²) in [5.74, 6) is 1.36. The topological polar surface area (TPSA) is 44.9 Å². The largest absolute Gasteiger partial charge is 0.370 e. The van der Waals surface area contributed by atoms with E-state index < -0.39 is 0 Å². The van der Waals surface area contributed by atoms with Crippen LogP contribution in [0.25, 0.3) is 0 Å². The lowest BCUT2D eigenvalue weighted by molar-refractivity contribution is 0.260. The number of nitrogens with zero attached hydrogens (tertiary/aromatic N) is 3. The Morgan fingerprint density at radius 2 is 1.67 bits per heavy atom. The third-order valence-electron chi connectivity index (χ3n) is 3.03. The van der Waals surface area contributed by atoms with Gasteiger partial charge in [-0.15, -0.1) is 24.0 Å². The molecule has 5 heteroatoms. The molecule has 0 aromatic rings. The van der Waals surface area contributed by atoms with Gasteiger partial charge in [-0.1, -0.05) is 13.8 Å². The van der Waals surface area contributed by atoms with Crippen LogP contribution in [0, 0.1) is 5.92 Å². The summed E-state index contributed by atoms with van der Waals surface area (Å²) in [7, 11) is 4.21. The van der Waals surface area contributed by atoms with Crippen LogP contribution in [-0.2, 0) is 0 Å². The minimum absolute atomic E-state index is 0. The molecule has 18 heavy (non-hydrogen) atoms. The first-order valence-corrected chi connectivity index (χ1v) is 6.63. The van der Waals surface area contributed by atoms with Crippen molar-refractivity contribution in [3.05, 3.63) is 0 Å². The number of nitrogens with two attached hydrogens (primary N) is 1. The molecular weight excluding hydrogens is 339 g/mol. The number of hydrogen-bond donors (Lipinski definition) is 1. The summed E-state index contributed by atoms with van der Waals surface area (Å²) in [6.07, 6.45) is 1.15. The second kappa shape index (κ2) is 10.8. The van der Waals surface area contributed by atoms with Gasteiger partial charge in [0.1, 0.15) is 0 Å².